The number of alkyl halides is 3. The molecule has 0 aliphatic carbocycles. The summed E-state index contributed by atoms with van der Waals surface area (Å²) in [6.07, 6.45) is -3.18. The quantitative estimate of drug-likeness (QED) is 0.945. The Morgan fingerprint density at radius 2 is 2.10 bits per heavy atom. The SMILES string of the molecule is CC(C)c1c(NC(=O)c2ncsc2C(F)(F)F)cnn1C. The number of nitrogens with zero attached hydrogens (tertiary/aromatic N) is 3. The molecule has 0 unspecified atom stereocenters. The maximum Gasteiger partial charge on any atom is 0.427 e. The number of rotatable bonds is 3. The number of thiazole rings is 1. The zero-order valence-corrected chi connectivity index (χ0v) is 12.3. The van der Waals surface area contributed by atoms with E-state index in [9.17, 15) is 18.0 Å². The van der Waals surface area contributed by atoms with Gasteiger partial charge in [0.25, 0.3) is 5.91 Å². The van der Waals surface area contributed by atoms with Gasteiger partial charge in [-0.1, -0.05) is 13.8 Å². The van der Waals surface area contributed by atoms with Crippen molar-refractivity contribution in [3.05, 3.63) is 28.0 Å². The molecule has 21 heavy (non-hydrogen) atoms. The van der Waals surface area contributed by atoms with Crippen LogP contribution in [0.1, 0.15) is 40.8 Å². The van der Waals surface area contributed by atoms with Crippen LogP contribution >= 0.6 is 11.3 Å². The Labute approximate surface area is 122 Å². The summed E-state index contributed by atoms with van der Waals surface area (Å²) in [6, 6.07) is 0. The number of hydrogen-bond donors (Lipinski definition) is 1. The Morgan fingerprint density at radius 3 is 2.67 bits per heavy atom. The fraction of sp³-hybridized carbons (Fsp3) is 0.417. The fourth-order valence-electron chi connectivity index (χ4n) is 2.02. The molecular weight excluding hydrogens is 305 g/mol. The summed E-state index contributed by atoms with van der Waals surface area (Å²) >= 11 is 0.393. The van der Waals surface area contributed by atoms with Crippen molar-refractivity contribution in [3.8, 4) is 0 Å². The van der Waals surface area contributed by atoms with Gasteiger partial charge < -0.3 is 5.32 Å². The molecule has 0 bridgehead atoms. The summed E-state index contributed by atoms with van der Waals surface area (Å²) in [5.41, 5.74) is 1.50. The average molecular weight is 318 g/mol. The Bertz CT molecular complexity index is 660. The molecule has 2 rings (SSSR count). The van der Waals surface area contributed by atoms with Gasteiger partial charge in [0, 0.05) is 7.05 Å². The zero-order valence-electron chi connectivity index (χ0n) is 11.5. The van der Waals surface area contributed by atoms with Gasteiger partial charge in [-0.25, -0.2) is 4.98 Å². The number of carbonyl (C=O) groups is 1. The standard InChI is InChI=1S/C12H13F3N4OS/c1-6(2)9-7(4-17-19(9)3)18-11(20)8-10(12(13,14)15)21-5-16-8/h4-6H,1-3H3,(H,18,20). The topological polar surface area (TPSA) is 59.8 Å². The molecule has 2 heterocycles. The van der Waals surface area contributed by atoms with Crippen LogP contribution in [0.3, 0.4) is 0 Å². The zero-order chi connectivity index (χ0) is 15.8. The van der Waals surface area contributed by atoms with Gasteiger partial charge in [0.05, 0.1) is 23.1 Å². The third-order valence-corrected chi connectivity index (χ3v) is 3.69. The lowest BCUT2D eigenvalue weighted by Gasteiger charge is -2.11. The fourth-order valence-corrected chi connectivity index (χ4v) is 2.67. The van der Waals surface area contributed by atoms with E-state index < -0.39 is 22.7 Å². The highest BCUT2D eigenvalue weighted by Crippen LogP contribution is 2.35. The summed E-state index contributed by atoms with van der Waals surface area (Å²) in [5.74, 6) is -0.830. The van der Waals surface area contributed by atoms with E-state index in [0.29, 0.717) is 17.0 Å². The van der Waals surface area contributed by atoms with Crippen molar-refractivity contribution in [1.82, 2.24) is 14.8 Å². The van der Waals surface area contributed by atoms with Gasteiger partial charge in [0.15, 0.2) is 5.69 Å². The van der Waals surface area contributed by atoms with E-state index in [4.69, 9.17) is 0 Å². The number of hydrogen-bond acceptors (Lipinski definition) is 4. The molecular formula is C12H13F3N4OS. The second-order valence-electron chi connectivity index (χ2n) is 4.70. The van der Waals surface area contributed by atoms with Crippen molar-refractivity contribution in [1.29, 1.82) is 0 Å². The third kappa shape index (κ3) is 3.07. The van der Waals surface area contributed by atoms with Crippen LogP contribution in [0.4, 0.5) is 18.9 Å². The Morgan fingerprint density at radius 1 is 1.43 bits per heavy atom. The van der Waals surface area contributed by atoms with E-state index in [1.807, 2.05) is 13.8 Å². The highest BCUT2D eigenvalue weighted by atomic mass is 32.1. The maximum absolute atomic E-state index is 12.8. The molecule has 0 atom stereocenters. The van der Waals surface area contributed by atoms with E-state index >= 15 is 0 Å². The molecule has 5 nitrogen and oxygen atoms in total. The van der Waals surface area contributed by atoms with Gasteiger partial charge in [0.2, 0.25) is 0 Å². The van der Waals surface area contributed by atoms with E-state index in [2.05, 4.69) is 15.4 Å². The number of aryl methyl sites for hydroxylation is 1. The predicted molar refractivity (Wildman–Crippen MR) is 72.4 cm³/mol. The van der Waals surface area contributed by atoms with Crippen molar-refractivity contribution in [2.75, 3.05) is 5.32 Å². The van der Waals surface area contributed by atoms with E-state index in [-0.39, 0.29) is 5.92 Å². The second kappa shape index (κ2) is 5.47. The van der Waals surface area contributed by atoms with Crippen LogP contribution in [0.5, 0.6) is 0 Å². The van der Waals surface area contributed by atoms with Crippen LogP contribution in [0.15, 0.2) is 11.7 Å². The molecule has 0 aliphatic rings. The molecule has 0 fully saturated rings. The van der Waals surface area contributed by atoms with Crippen LogP contribution in [-0.4, -0.2) is 20.7 Å². The van der Waals surface area contributed by atoms with Crippen molar-refractivity contribution >= 4 is 22.9 Å². The molecule has 1 amide bonds. The first kappa shape index (κ1) is 15.5. The van der Waals surface area contributed by atoms with E-state index in [1.54, 1.807) is 11.7 Å². The molecule has 0 aliphatic heterocycles. The molecule has 2 aromatic heterocycles. The van der Waals surface area contributed by atoms with Crippen LogP contribution in [-0.2, 0) is 13.2 Å². The van der Waals surface area contributed by atoms with Gasteiger partial charge in [-0.3, -0.25) is 9.48 Å². The monoisotopic (exact) mass is 318 g/mol. The Hall–Kier alpha value is -1.90. The third-order valence-electron chi connectivity index (χ3n) is 2.82. The predicted octanol–water partition coefficient (Wildman–Crippen LogP) is 3.27. The van der Waals surface area contributed by atoms with Gasteiger partial charge in [-0.2, -0.15) is 18.3 Å². The average Bonchev–Trinajstić information content (AvgIpc) is 2.95. The van der Waals surface area contributed by atoms with E-state index in [1.165, 1.54) is 6.20 Å². The van der Waals surface area contributed by atoms with Crippen molar-refractivity contribution < 1.29 is 18.0 Å². The van der Waals surface area contributed by atoms with Crippen LogP contribution in [0, 0.1) is 0 Å². The molecule has 0 spiro atoms. The molecule has 0 aromatic carbocycles. The highest BCUT2D eigenvalue weighted by Gasteiger charge is 2.38. The summed E-state index contributed by atoms with van der Waals surface area (Å²) in [7, 11) is 1.70. The first-order valence-corrected chi connectivity index (χ1v) is 6.93. The smallest absolute Gasteiger partial charge is 0.318 e. The lowest BCUT2D eigenvalue weighted by molar-refractivity contribution is -0.134. The lowest BCUT2D eigenvalue weighted by Crippen LogP contribution is -2.18. The van der Waals surface area contributed by atoms with Gasteiger partial charge in [-0.15, -0.1) is 11.3 Å². The largest absolute Gasteiger partial charge is 0.427 e. The minimum atomic E-state index is -4.59. The molecule has 9 heteroatoms. The number of halogens is 3. The highest BCUT2D eigenvalue weighted by molar-refractivity contribution is 7.10. The normalized spacial score (nSPS) is 12.0. The van der Waals surface area contributed by atoms with Gasteiger partial charge >= 0.3 is 6.18 Å². The van der Waals surface area contributed by atoms with Crippen LogP contribution < -0.4 is 5.32 Å². The Kier molecular flexibility index (Phi) is 4.04. The number of anilines is 1. The molecule has 0 radical (unpaired) electrons. The Balaban J connectivity index is 2.30. The molecule has 114 valence electrons. The lowest BCUT2D eigenvalue weighted by atomic mass is 10.1. The summed E-state index contributed by atoms with van der Waals surface area (Å²) in [4.78, 5) is 14.5. The summed E-state index contributed by atoms with van der Waals surface area (Å²) in [6.45, 7) is 3.80. The van der Waals surface area contributed by atoms with Crippen LogP contribution in [0.2, 0.25) is 0 Å². The molecule has 0 saturated carbocycles. The minimum Gasteiger partial charge on any atom is -0.318 e. The first-order valence-electron chi connectivity index (χ1n) is 6.05. The molecule has 1 N–H and O–H groups in total. The first-order chi connectivity index (χ1) is 9.71. The summed E-state index contributed by atoms with van der Waals surface area (Å²) in [5, 5.41) is 6.45. The number of aromatic nitrogens is 3. The van der Waals surface area contributed by atoms with Crippen LogP contribution in [0.25, 0.3) is 0 Å². The van der Waals surface area contributed by atoms with Crippen molar-refractivity contribution in [2.24, 2.45) is 7.05 Å². The van der Waals surface area contributed by atoms with Gasteiger partial charge in [0.1, 0.15) is 4.88 Å². The summed E-state index contributed by atoms with van der Waals surface area (Å²) < 4.78 is 39.9. The van der Waals surface area contributed by atoms with Crippen molar-refractivity contribution in [2.45, 2.75) is 25.9 Å². The minimum absolute atomic E-state index is 0.0605. The van der Waals surface area contributed by atoms with Gasteiger partial charge in [-0.05, 0) is 5.92 Å². The second-order valence-corrected chi connectivity index (χ2v) is 5.56. The van der Waals surface area contributed by atoms with E-state index in [0.717, 1.165) is 11.2 Å². The number of carbonyl (C=O) groups excluding carboxylic acids is 1. The van der Waals surface area contributed by atoms with Crippen molar-refractivity contribution in [3.63, 3.8) is 0 Å². The molecule has 0 saturated heterocycles. The number of amides is 1. The molecule has 2 aromatic rings. The number of nitrogens with one attached hydrogen (secondary N) is 1. The maximum atomic E-state index is 12.8.